The molecule has 1 fully saturated rings. The lowest BCUT2D eigenvalue weighted by atomic mass is 10.1. The Morgan fingerprint density at radius 1 is 1.45 bits per heavy atom. The topological polar surface area (TPSA) is 77.0 Å². The van der Waals surface area contributed by atoms with Gasteiger partial charge in [-0.15, -0.1) is 0 Å². The average molecular weight is 303 g/mol. The van der Waals surface area contributed by atoms with Crippen LogP contribution in [0.2, 0.25) is 0 Å². The van der Waals surface area contributed by atoms with Gasteiger partial charge in [-0.1, -0.05) is 19.0 Å². The van der Waals surface area contributed by atoms with E-state index in [1.165, 1.54) is 0 Å². The number of carbonyl (C=O) groups is 1. The normalized spacial score (nSPS) is 18.4. The van der Waals surface area contributed by atoms with Gasteiger partial charge in [0.15, 0.2) is 5.82 Å². The minimum atomic E-state index is 0.0375. The second kappa shape index (κ2) is 5.55. The second-order valence-corrected chi connectivity index (χ2v) is 6.17. The Hall–Kier alpha value is -2.18. The zero-order valence-electron chi connectivity index (χ0n) is 13.4. The highest BCUT2D eigenvalue weighted by Gasteiger charge is 2.33. The van der Waals surface area contributed by atoms with Crippen molar-refractivity contribution in [2.45, 2.75) is 39.0 Å². The minimum absolute atomic E-state index is 0.0375. The van der Waals surface area contributed by atoms with Gasteiger partial charge in [-0.3, -0.25) is 9.48 Å². The fourth-order valence-corrected chi connectivity index (χ4v) is 2.89. The van der Waals surface area contributed by atoms with E-state index in [0.717, 1.165) is 12.1 Å². The Labute approximate surface area is 129 Å². The van der Waals surface area contributed by atoms with Crippen molar-refractivity contribution in [1.29, 1.82) is 0 Å². The molecule has 1 aliphatic heterocycles. The van der Waals surface area contributed by atoms with E-state index in [9.17, 15) is 4.79 Å². The van der Waals surface area contributed by atoms with Crippen LogP contribution in [0, 0.1) is 6.92 Å². The van der Waals surface area contributed by atoms with Crippen LogP contribution in [-0.4, -0.2) is 43.8 Å². The summed E-state index contributed by atoms with van der Waals surface area (Å²) < 4.78 is 6.94. The van der Waals surface area contributed by atoms with Crippen LogP contribution in [-0.2, 0) is 7.05 Å². The zero-order valence-corrected chi connectivity index (χ0v) is 13.4. The van der Waals surface area contributed by atoms with Crippen LogP contribution in [0.15, 0.2) is 10.7 Å². The van der Waals surface area contributed by atoms with Crippen LogP contribution < -0.4 is 0 Å². The molecule has 118 valence electrons. The molecule has 0 bridgehead atoms. The Balaban J connectivity index is 1.77. The van der Waals surface area contributed by atoms with Crippen LogP contribution in [0.1, 0.15) is 59.9 Å². The molecule has 0 aromatic carbocycles. The standard InChI is InChI=1S/C15H21N5O2/c1-9(2)13-12(8-19(4)17-13)15(21)20-6-5-11(7-20)14-16-10(3)18-22-14/h8-9,11H,5-7H2,1-4H3/t11-/m1/s1. The summed E-state index contributed by atoms with van der Waals surface area (Å²) >= 11 is 0. The van der Waals surface area contributed by atoms with Crippen LogP contribution in [0.25, 0.3) is 0 Å². The Bertz CT molecular complexity index is 688. The summed E-state index contributed by atoms with van der Waals surface area (Å²) in [5.74, 6) is 1.65. The van der Waals surface area contributed by atoms with Crippen molar-refractivity contribution < 1.29 is 9.32 Å². The highest BCUT2D eigenvalue weighted by Crippen LogP contribution is 2.28. The third-order valence-electron chi connectivity index (χ3n) is 4.00. The van der Waals surface area contributed by atoms with E-state index in [1.54, 1.807) is 11.6 Å². The molecule has 0 radical (unpaired) electrons. The van der Waals surface area contributed by atoms with Gasteiger partial charge in [-0.2, -0.15) is 10.1 Å². The van der Waals surface area contributed by atoms with Crippen LogP contribution in [0.3, 0.4) is 0 Å². The summed E-state index contributed by atoms with van der Waals surface area (Å²) in [5, 5.41) is 8.24. The van der Waals surface area contributed by atoms with Gasteiger partial charge >= 0.3 is 0 Å². The largest absolute Gasteiger partial charge is 0.339 e. The number of rotatable bonds is 3. The van der Waals surface area contributed by atoms with E-state index < -0.39 is 0 Å². The summed E-state index contributed by atoms with van der Waals surface area (Å²) in [5.41, 5.74) is 1.55. The molecule has 7 heteroatoms. The number of aromatic nitrogens is 4. The van der Waals surface area contributed by atoms with Crippen molar-refractivity contribution in [1.82, 2.24) is 24.8 Å². The van der Waals surface area contributed by atoms with Crippen molar-refractivity contribution in [3.05, 3.63) is 29.2 Å². The van der Waals surface area contributed by atoms with Gasteiger partial charge in [0.1, 0.15) is 0 Å². The highest BCUT2D eigenvalue weighted by atomic mass is 16.5. The lowest BCUT2D eigenvalue weighted by Gasteiger charge is -2.16. The number of hydrogen-bond donors (Lipinski definition) is 0. The number of aryl methyl sites for hydroxylation is 2. The summed E-state index contributed by atoms with van der Waals surface area (Å²) in [7, 11) is 1.84. The minimum Gasteiger partial charge on any atom is -0.339 e. The summed E-state index contributed by atoms with van der Waals surface area (Å²) in [6.45, 7) is 7.22. The highest BCUT2D eigenvalue weighted by molar-refractivity contribution is 5.95. The average Bonchev–Trinajstić information content (AvgIpc) is 3.16. The molecule has 1 saturated heterocycles. The van der Waals surface area contributed by atoms with Crippen molar-refractivity contribution in [2.24, 2.45) is 7.05 Å². The number of hydrogen-bond acceptors (Lipinski definition) is 5. The van der Waals surface area contributed by atoms with Gasteiger partial charge in [0.25, 0.3) is 5.91 Å². The molecule has 0 unspecified atom stereocenters. The van der Waals surface area contributed by atoms with Crippen LogP contribution in [0.5, 0.6) is 0 Å². The van der Waals surface area contributed by atoms with Gasteiger partial charge in [0.05, 0.1) is 17.2 Å². The maximum Gasteiger partial charge on any atom is 0.257 e. The number of nitrogens with zero attached hydrogens (tertiary/aromatic N) is 5. The van der Waals surface area contributed by atoms with E-state index in [1.807, 2.05) is 32.0 Å². The Morgan fingerprint density at radius 3 is 2.86 bits per heavy atom. The first-order valence-corrected chi connectivity index (χ1v) is 7.58. The lowest BCUT2D eigenvalue weighted by Crippen LogP contribution is -2.29. The summed E-state index contributed by atoms with van der Waals surface area (Å²) in [6.07, 6.45) is 2.66. The van der Waals surface area contributed by atoms with Crippen molar-refractivity contribution >= 4 is 5.91 Å². The van der Waals surface area contributed by atoms with Crippen LogP contribution in [0.4, 0.5) is 0 Å². The molecule has 1 aliphatic rings. The van der Waals surface area contributed by atoms with Crippen molar-refractivity contribution in [3.63, 3.8) is 0 Å². The summed E-state index contributed by atoms with van der Waals surface area (Å²) in [6, 6.07) is 0. The molecule has 1 atom stereocenters. The molecule has 1 amide bonds. The molecule has 7 nitrogen and oxygen atoms in total. The summed E-state index contributed by atoms with van der Waals surface area (Å²) in [4.78, 5) is 18.9. The van der Waals surface area contributed by atoms with E-state index in [-0.39, 0.29) is 17.7 Å². The predicted octanol–water partition coefficient (Wildman–Crippen LogP) is 1.86. The molecule has 22 heavy (non-hydrogen) atoms. The fourth-order valence-electron chi connectivity index (χ4n) is 2.89. The first-order valence-electron chi connectivity index (χ1n) is 7.58. The molecular weight excluding hydrogens is 282 g/mol. The third kappa shape index (κ3) is 2.63. The molecule has 3 rings (SSSR count). The molecule has 0 spiro atoms. The van der Waals surface area contributed by atoms with Gasteiger partial charge in [-0.25, -0.2) is 0 Å². The molecule has 0 N–H and O–H groups in total. The smallest absolute Gasteiger partial charge is 0.257 e. The van der Waals surface area contributed by atoms with E-state index in [2.05, 4.69) is 15.2 Å². The van der Waals surface area contributed by atoms with E-state index >= 15 is 0 Å². The van der Waals surface area contributed by atoms with Crippen molar-refractivity contribution in [3.8, 4) is 0 Å². The van der Waals surface area contributed by atoms with E-state index in [4.69, 9.17) is 4.52 Å². The van der Waals surface area contributed by atoms with Crippen molar-refractivity contribution in [2.75, 3.05) is 13.1 Å². The monoisotopic (exact) mass is 303 g/mol. The van der Waals surface area contributed by atoms with Gasteiger partial charge in [-0.05, 0) is 19.3 Å². The third-order valence-corrected chi connectivity index (χ3v) is 4.00. The molecule has 2 aromatic rings. The maximum absolute atomic E-state index is 12.8. The van der Waals surface area contributed by atoms with Gasteiger partial charge in [0, 0.05) is 26.3 Å². The lowest BCUT2D eigenvalue weighted by molar-refractivity contribution is 0.0788. The SMILES string of the molecule is Cc1noc([C@@H]2CCN(C(=O)c3cn(C)nc3C(C)C)C2)n1. The Morgan fingerprint density at radius 2 is 2.23 bits per heavy atom. The second-order valence-electron chi connectivity index (χ2n) is 6.17. The first-order chi connectivity index (χ1) is 10.5. The fraction of sp³-hybridized carbons (Fsp3) is 0.600. The molecule has 0 aliphatic carbocycles. The molecule has 0 saturated carbocycles. The first kappa shape index (κ1) is 14.7. The predicted molar refractivity (Wildman–Crippen MR) is 79.6 cm³/mol. The molecule has 2 aromatic heterocycles. The quantitative estimate of drug-likeness (QED) is 0.865. The molecular formula is C15H21N5O2. The van der Waals surface area contributed by atoms with E-state index in [0.29, 0.717) is 30.4 Å². The molecule has 3 heterocycles. The zero-order chi connectivity index (χ0) is 15.9. The maximum atomic E-state index is 12.8. The Kier molecular flexibility index (Phi) is 3.72. The van der Waals surface area contributed by atoms with Gasteiger partial charge < -0.3 is 9.42 Å². The number of likely N-dealkylation sites (tertiary alicyclic amines) is 1. The van der Waals surface area contributed by atoms with Crippen LogP contribution >= 0.6 is 0 Å². The van der Waals surface area contributed by atoms with Gasteiger partial charge in [0.2, 0.25) is 5.89 Å². The number of carbonyl (C=O) groups excluding carboxylic acids is 1. The number of amides is 1.